The molecule has 1 aromatic heterocycles. The smallest absolute Gasteiger partial charge is 0.257 e. The van der Waals surface area contributed by atoms with Crippen LogP contribution in [0.15, 0.2) is 61.1 Å². The molecule has 3 aromatic rings. The fourth-order valence-corrected chi connectivity index (χ4v) is 4.09. The number of carbonyl (C=O) groups excluding carboxylic acids is 3. The summed E-state index contributed by atoms with van der Waals surface area (Å²) >= 11 is 0. The summed E-state index contributed by atoms with van der Waals surface area (Å²) in [5.41, 5.74) is 3.59. The van der Waals surface area contributed by atoms with Crippen molar-refractivity contribution in [1.82, 2.24) is 24.7 Å². The number of hydrogen-bond donors (Lipinski definition) is 1. The van der Waals surface area contributed by atoms with E-state index in [4.69, 9.17) is 4.74 Å². The standard InChI is InChI=1S/C28H33N5O4/c1-31-15-16-32(2)28(36)17-21-7-10-24(11-8-21)33-18-23(30-20-33)13-14-29-26(34)19-37-25-6-4-3-5-22(25)9-12-27(31)35/h3-8,10-11,18,20H,9,12-17,19H2,1-2H3,(H,29,34). The first kappa shape index (κ1) is 25.9. The van der Waals surface area contributed by atoms with Crippen LogP contribution in [-0.4, -0.2) is 77.4 Å². The Morgan fingerprint density at radius 2 is 1.59 bits per heavy atom. The maximum atomic E-state index is 12.7. The summed E-state index contributed by atoms with van der Waals surface area (Å²) < 4.78 is 7.68. The fraction of sp³-hybridized carbons (Fsp3) is 0.357. The van der Waals surface area contributed by atoms with Gasteiger partial charge in [-0.15, -0.1) is 0 Å². The number of hydrogen-bond acceptors (Lipinski definition) is 5. The first-order chi connectivity index (χ1) is 17.9. The molecule has 0 fully saturated rings. The molecule has 0 spiro atoms. The van der Waals surface area contributed by atoms with E-state index in [1.165, 1.54) is 0 Å². The molecule has 1 N–H and O–H groups in total. The number of amides is 3. The van der Waals surface area contributed by atoms with Gasteiger partial charge in [0.1, 0.15) is 5.75 Å². The third-order valence-corrected chi connectivity index (χ3v) is 6.49. The van der Waals surface area contributed by atoms with E-state index < -0.39 is 0 Å². The van der Waals surface area contributed by atoms with Crippen LogP contribution in [0.5, 0.6) is 5.75 Å². The molecule has 9 heteroatoms. The molecule has 0 unspecified atom stereocenters. The third-order valence-electron chi connectivity index (χ3n) is 6.49. The Bertz CT molecular complexity index is 1240. The zero-order chi connectivity index (χ0) is 26.2. The van der Waals surface area contributed by atoms with Crippen molar-refractivity contribution in [3.05, 3.63) is 77.9 Å². The molecule has 2 aromatic carbocycles. The molecule has 3 heterocycles. The molecule has 0 radical (unpaired) electrons. The second-order valence-corrected chi connectivity index (χ2v) is 9.24. The van der Waals surface area contributed by atoms with Crippen molar-refractivity contribution in [1.29, 1.82) is 0 Å². The van der Waals surface area contributed by atoms with E-state index in [1.807, 2.05) is 53.2 Å². The summed E-state index contributed by atoms with van der Waals surface area (Å²) in [5.74, 6) is 0.367. The van der Waals surface area contributed by atoms with Gasteiger partial charge in [0.15, 0.2) is 6.61 Å². The van der Waals surface area contributed by atoms with Crippen molar-refractivity contribution in [2.24, 2.45) is 0 Å². The van der Waals surface area contributed by atoms with Gasteiger partial charge in [0.25, 0.3) is 5.91 Å². The van der Waals surface area contributed by atoms with Gasteiger partial charge in [-0.05, 0) is 35.7 Å². The summed E-state index contributed by atoms with van der Waals surface area (Å²) in [6.07, 6.45) is 5.35. The van der Waals surface area contributed by atoms with Crippen LogP contribution < -0.4 is 10.1 Å². The lowest BCUT2D eigenvalue weighted by Gasteiger charge is -2.23. The van der Waals surface area contributed by atoms with Crippen LogP contribution in [-0.2, 0) is 33.6 Å². The molecule has 0 saturated heterocycles. The second kappa shape index (κ2) is 12.2. The summed E-state index contributed by atoms with van der Waals surface area (Å²) in [6, 6.07) is 15.2. The van der Waals surface area contributed by atoms with Crippen molar-refractivity contribution in [2.75, 3.05) is 40.3 Å². The number of aryl methyl sites for hydroxylation is 1. The molecule has 3 amide bonds. The third kappa shape index (κ3) is 7.19. The monoisotopic (exact) mass is 503 g/mol. The molecule has 2 aliphatic heterocycles. The van der Waals surface area contributed by atoms with E-state index in [-0.39, 0.29) is 24.3 Å². The van der Waals surface area contributed by atoms with Gasteiger partial charge in [-0.1, -0.05) is 30.3 Å². The second-order valence-electron chi connectivity index (χ2n) is 9.24. The normalized spacial score (nSPS) is 16.5. The number of rotatable bonds is 0. The number of ether oxygens (including phenoxy) is 1. The molecule has 9 nitrogen and oxygen atoms in total. The SMILES string of the molecule is CN1CCN(C)C(=O)Cc2ccc(cc2)-n2cnc(c2)CCNC(=O)COc2ccccc2CCC1=O. The van der Waals surface area contributed by atoms with Crippen LogP contribution >= 0.6 is 0 Å². The summed E-state index contributed by atoms with van der Waals surface area (Å²) in [6.45, 7) is 1.23. The van der Waals surface area contributed by atoms with Gasteiger partial charge in [-0.2, -0.15) is 0 Å². The topological polar surface area (TPSA) is 96.8 Å². The van der Waals surface area contributed by atoms with Crippen LogP contribution in [0, 0.1) is 0 Å². The zero-order valence-electron chi connectivity index (χ0n) is 21.4. The highest BCUT2D eigenvalue weighted by Gasteiger charge is 2.15. The summed E-state index contributed by atoms with van der Waals surface area (Å²) in [5, 5.41) is 2.87. The highest BCUT2D eigenvalue weighted by molar-refractivity contribution is 5.79. The Hall–Kier alpha value is -4.14. The van der Waals surface area contributed by atoms with Crippen molar-refractivity contribution in [3.63, 3.8) is 0 Å². The average Bonchev–Trinajstić information content (AvgIpc) is 3.38. The molecule has 0 atom stereocenters. The van der Waals surface area contributed by atoms with Crippen LogP contribution in [0.2, 0.25) is 0 Å². The minimum Gasteiger partial charge on any atom is -0.483 e. The predicted molar refractivity (Wildman–Crippen MR) is 140 cm³/mol. The highest BCUT2D eigenvalue weighted by atomic mass is 16.5. The van der Waals surface area contributed by atoms with Crippen molar-refractivity contribution < 1.29 is 19.1 Å². The number of para-hydroxylation sites is 1. The minimum absolute atomic E-state index is 0.00101. The van der Waals surface area contributed by atoms with Crippen LogP contribution in [0.4, 0.5) is 0 Å². The van der Waals surface area contributed by atoms with E-state index >= 15 is 0 Å². The molecule has 2 aliphatic rings. The Balaban J connectivity index is 1.48. The highest BCUT2D eigenvalue weighted by Crippen LogP contribution is 2.20. The zero-order valence-corrected chi connectivity index (χ0v) is 21.4. The maximum Gasteiger partial charge on any atom is 0.257 e. The Morgan fingerprint density at radius 1 is 0.865 bits per heavy atom. The lowest BCUT2D eigenvalue weighted by Crippen LogP contribution is -2.38. The Labute approximate surface area is 217 Å². The molecule has 0 saturated carbocycles. The van der Waals surface area contributed by atoms with Gasteiger partial charge in [-0.25, -0.2) is 4.98 Å². The van der Waals surface area contributed by atoms with Gasteiger partial charge in [0, 0.05) is 58.5 Å². The number of carbonyl (C=O) groups is 3. The van der Waals surface area contributed by atoms with E-state index in [9.17, 15) is 14.4 Å². The largest absolute Gasteiger partial charge is 0.483 e. The number of aromatic nitrogens is 2. The minimum atomic E-state index is -0.214. The fourth-order valence-electron chi connectivity index (χ4n) is 4.09. The van der Waals surface area contributed by atoms with Gasteiger partial charge in [0.05, 0.1) is 18.4 Å². The molecule has 37 heavy (non-hydrogen) atoms. The molecule has 194 valence electrons. The molecule has 5 rings (SSSR count). The lowest BCUT2D eigenvalue weighted by molar-refractivity contribution is -0.133. The predicted octanol–water partition coefficient (Wildman–Crippen LogP) is 2.02. The van der Waals surface area contributed by atoms with Crippen molar-refractivity contribution >= 4 is 17.7 Å². The van der Waals surface area contributed by atoms with Gasteiger partial charge in [-0.3, -0.25) is 14.4 Å². The van der Waals surface area contributed by atoms with E-state index in [1.54, 1.807) is 36.3 Å². The van der Waals surface area contributed by atoms with E-state index in [2.05, 4.69) is 10.3 Å². The number of imidazole rings is 1. The van der Waals surface area contributed by atoms with E-state index in [0.29, 0.717) is 51.1 Å². The lowest BCUT2D eigenvalue weighted by atomic mass is 10.1. The van der Waals surface area contributed by atoms with Gasteiger partial charge >= 0.3 is 0 Å². The summed E-state index contributed by atoms with van der Waals surface area (Å²) in [4.78, 5) is 45.5. The molecule has 4 bridgehead atoms. The van der Waals surface area contributed by atoms with Crippen LogP contribution in [0.25, 0.3) is 5.69 Å². The molecular formula is C28H33N5O4. The quantitative estimate of drug-likeness (QED) is 0.506. The summed E-state index contributed by atoms with van der Waals surface area (Å²) in [7, 11) is 3.51. The number of fused-ring (bicyclic) bond motifs is 15. The number of benzene rings is 2. The maximum absolute atomic E-state index is 12.7. The molecular weight excluding hydrogens is 470 g/mol. The van der Waals surface area contributed by atoms with Gasteiger partial charge < -0.3 is 24.4 Å². The number of likely N-dealkylation sites (N-methyl/N-ethyl adjacent to an activating group) is 2. The van der Waals surface area contributed by atoms with Gasteiger partial charge in [0.2, 0.25) is 11.8 Å². The van der Waals surface area contributed by atoms with Crippen molar-refractivity contribution in [3.8, 4) is 11.4 Å². The van der Waals surface area contributed by atoms with E-state index in [0.717, 1.165) is 22.5 Å². The van der Waals surface area contributed by atoms with Crippen molar-refractivity contribution in [2.45, 2.75) is 25.7 Å². The number of nitrogens with zero attached hydrogens (tertiary/aromatic N) is 4. The molecule has 0 aliphatic carbocycles. The van der Waals surface area contributed by atoms with Crippen LogP contribution in [0.3, 0.4) is 0 Å². The first-order valence-corrected chi connectivity index (χ1v) is 12.5. The number of nitrogens with one attached hydrogen (secondary N) is 1. The Morgan fingerprint density at radius 3 is 2.38 bits per heavy atom. The first-order valence-electron chi connectivity index (χ1n) is 12.5. The average molecular weight is 504 g/mol. The van der Waals surface area contributed by atoms with Crippen LogP contribution in [0.1, 0.15) is 23.2 Å². The Kier molecular flexibility index (Phi) is 8.56.